The molecule has 0 radical (unpaired) electrons. The summed E-state index contributed by atoms with van der Waals surface area (Å²) in [5, 5.41) is 0. The van der Waals surface area contributed by atoms with E-state index in [4.69, 9.17) is 16.6 Å². The number of aryl methyl sites for hydroxylation is 1. The first-order valence-electron chi connectivity index (χ1n) is 7.51. The van der Waals surface area contributed by atoms with Gasteiger partial charge in [-0.1, -0.05) is 26.7 Å². The van der Waals surface area contributed by atoms with Gasteiger partial charge in [0.2, 0.25) is 0 Å². The quantitative estimate of drug-likeness (QED) is 0.764. The normalized spacial score (nSPS) is 27.1. The molecule has 1 saturated carbocycles. The van der Waals surface area contributed by atoms with Crippen molar-refractivity contribution in [2.75, 3.05) is 0 Å². The minimum atomic E-state index is 0.451. The number of alkyl halides is 1. The van der Waals surface area contributed by atoms with Gasteiger partial charge in [0.1, 0.15) is 11.3 Å². The lowest BCUT2D eigenvalue weighted by Gasteiger charge is -2.35. The van der Waals surface area contributed by atoms with Crippen molar-refractivity contribution in [1.82, 2.24) is 14.5 Å². The predicted molar refractivity (Wildman–Crippen MR) is 83.0 cm³/mol. The summed E-state index contributed by atoms with van der Waals surface area (Å²) in [6, 6.07) is 2.58. The molecule has 0 bridgehead atoms. The summed E-state index contributed by atoms with van der Waals surface area (Å²) in [5.41, 5.74) is 3.12. The van der Waals surface area contributed by atoms with Crippen LogP contribution in [0.15, 0.2) is 12.3 Å². The Labute approximate surface area is 125 Å². The van der Waals surface area contributed by atoms with E-state index in [2.05, 4.69) is 36.4 Å². The van der Waals surface area contributed by atoms with Gasteiger partial charge < -0.3 is 4.57 Å². The second-order valence-corrected chi connectivity index (χ2v) is 6.49. The molecule has 0 N–H and O–H groups in total. The maximum Gasteiger partial charge on any atom is 0.160 e. The van der Waals surface area contributed by atoms with Crippen LogP contribution in [-0.2, 0) is 5.88 Å². The van der Waals surface area contributed by atoms with Crippen molar-refractivity contribution in [3.05, 3.63) is 23.7 Å². The molecule has 3 atom stereocenters. The number of fused-ring (bicyclic) bond motifs is 1. The van der Waals surface area contributed by atoms with Gasteiger partial charge in [0.25, 0.3) is 0 Å². The molecule has 3 nitrogen and oxygen atoms in total. The average molecular weight is 292 g/mol. The second-order valence-electron chi connectivity index (χ2n) is 6.22. The highest BCUT2D eigenvalue weighted by atomic mass is 35.5. The molecule has 2 aromatic heterocycles. The van der Waals surface area contributed by atoms with E-state index >= 15 is 0 Å². The molecule has 0 aromatic carbocycles. The fourth-order valence-corrected chi connectivity index (χ4v) is 3.68. The lowest BCUT2D eigenvalue weighted by molar-refractivity contribution is 0.187. The molecule has 108 valence electrons. The fraction of sp³-hybridized carbons (Fsp3) is 0.625. The van der Waals surface area contributed by atoms with Crippen molar-refractivity contribution < 1.29 is 0 Å². The standard InChI is InChI=1S/C16H22ClN3/c1-10-7-13-16(18-9-10)20(15(8-17)19-13)14-6-4-5-11(2)12(14)3/h7,9,11-12,14H,4-6,8H2,1-3H3. The number of hydrogen-bond acceptors (Lipinski definition) is 2. The van der Waals surface area contributed by atoms with Gasteiger partial charge in [0, 0.05) is 12.2 Å². The predicted octanol–water partition coefficient (Wildman–Crippen LogP) is 4.48. The lowest BCUT2D eigenvalue weighted by atomic mass is 9.78. The summed E-state index contributed by atoms with van der Waals surface area (Å²) < 4.78 is 2.31. The molecule has 3 rings (SSSR count). The van der Waals surface area contributed by atoms with Gasteiger partial charge in [-0.15, -0.1) is 11.6 Å². The number of imidazole rings is 1. The summed E-state index contributed by atoms with van der Waals surface area (Å²) in [7, 11) is 0. The molecule has 2 heterocycles. The molecule has 3 unspecified atom stereocenters. The van der Waals surface area contributed by atoms with Crippen LogP contribution in [0.3, 0.4) is 0 Å². The Bertz CT molecular complexity index is 619. The first-order valence-corrected chi connectivity index (χ1v) is 8.04. The van der Waals surface area contributed by atoms with Crippen molar-refractivity contribution in [1.29, 1.82) is 0 Å². The van der Waals surface area contributed by atoms with Crippen molar-refractivity contribution in [3.63, 3.8) is 0 Å². The average Bonchev–Trinajstić information content (AvgIpc) is 2.79. The Morgan fingerprint density at radius 1 is 1.35 bits per heavy atom. The number of aromatic nitrogens is 3. The zero-order chi connectivity index (χ0) is 14.3. The Morgan fingerprint density at radius 3 is 2.90 bits per heavy atom. The van der Waals surface area contributed by atoms with Crippen LogP contribution in [0.1, 0.15) is 50.5 Å². The smallest absolute Gasteiger partial charge is 0.160 e. The molecule has 1 fully saturated rings. The third kappa shape index (κ3) is 2.22. The van der Waals surface area contributed by atoms with E-state index in [1.54, 1.807) is 0 Å². The third-order valence-electron chi connectivity index (χ3n) is 4.85. The van der Waals surface area contributed by atoms with Gasteiger partial charge in [-0.2, -0.15) is 0 Å². The molecule has 4 heteroatoms. The molecule has 0 aliphatic heterocycles. The fourth-order valence-electron chi connectivity index (χ4n) is 3.49. The summed E-state index contributed by atoms with van der Waals surface area (Å²) in [6.45, 7) is 6.76. The van der Waals surface area contributed by atoms with Gasteiger partial charge in [0.15, 0.2) is 5.65 Å². The van der Waals surface area contributed by atoms with Gasteiger partial charge in [-0.05, 0) is 36.8 Å². The number of halogens is 1. The van der Waals surface area contributed by atoms with E-state index in [1.807, 2.05) is 6.20 Å². The molecule has 1 aliphatic carbocycles. The largest absolute Gasteiger partial charge is 0.308 e. The monoisotopic (exact) mass is 291 g/mol. The van der Waals surface area contributed by atoms with Crippen molar-refractivity contribution in [2.24, 2.45) is 11.8 Å². The zero-order valence-electron chi connectivity index (χ0n) is 12.4. The molecule has 0 saturated heterocycles. The van der Waals surface area contributed by atoms with E-state index in [-0.39, 0.29) is 0 Å². The van der Waals surface area contributed by atoms with Crippen LogP contribution in [0.5, 0.6) is 0 Å². The molecule has 1 aliphatic rings. The van der Waals surface area contributed by atoms with Gasteiger partial charge in [-0.25, -0.2) is 9.97 Å². The summed E-state index contributed by atoms with van der Waals surface area (Å²) in [5.74, 6) is 2.81. The molecule has 20 heavy (non-hydrogen) atoms. The summed E-state index contributed by atoms with van der Waals surface area (Å²) in [4.78, 5) is 9.32. The minimum absolute atomic E-state index is 0.451. The Kier molecular flexibility index (Phi) is 3.72. The maximum absolute atomic E-state index is 6.14. The van der Waals surface area contributed by atoms with Crippen LogP contribution in [0.25, 0.3) is 11.2 Å². The van der Waals surface area contributed by atoms with Gasteiger partial charge >= 0.3 is 0 Å². The number of hydrogen-bond donors (Lipinski definition) is 0. The Balaban J connectivity index is 2.13. The second kappa shape index (κ2) is 5.36. The number of pyridine rings is 1. The molecular weight excluding hydrogens is 270 g/mol. The molecular formula is C16H22ClN3. The van der Waals surface area contributed by atoms with Crippen LogP contribution < -0.4 is 0 Å². The van der Waals surface area contributed by atoms with Gasteiger partial charge in [0.05, 0.1) is 5.88 Å². The van der Waals surface area contributed by atoms with E-state index < -0.39 is 0 Å². The summed E-state index contributed by atoms with van der Waals surface area (Å²) >= 11 is 6.14. The van der Waals surface area contributed by atoms with Crippen LogP contribution in [0.2, 0.25) is 0 Å². The van der Waals surface area contributed by atoms with Crippen LogP contribution in [0, 0.1) is 18.8 Å². The highest BCUT2D eigenvalue weighted by Gasteiger charge is 2.31. The molecule has 2 aromatic rings. The SMILES string of the molecule is Cc1cnc2c(c1)nc(CCl)n2C1CCCC(C)C1C. The lowest BCUT2D eigenvalue weighted by Crippen LogP contribution is -2.28. The van der Waals surface area contributed by atoms with Crippen molar-refractivity contribution >= 4 is 22.8 Å². The first kappa shape index (κ1) is 13.9. The number of rotatable bonds is 2. The third-order valence-corrected chi connectivity index (χ3v) is 5.09. The topological polar surface area (TPSA) is 30.7 Å². The summed E-state index contributed by atoms with van der Waals surface area (Å²) in [6.07, 6.45) is 5.74. The Hall–Kier alpha value is -1.09. The van der Waals surface area contributed by atoms with E-state index in [9.17, 15) is 0 Å². The van der Waals surface area contributed by atoms with Crippen LogP contribution in [-0.4, -0.2) is 14.5 Å². The number of nitrogens with zero attached hydrogens (tertiary/aromatic N) is 3. The van der Waals surface area contributed by atoms with Crippen LogP contribution in [0.4, 0.5) is 0 Å². The first-order chi connectivity index (χ1) is 9.61. The van der Waals surface area contributed by atoms with Crippen LogP contribution >= 0.6 is 11.6 Å². The minimum Gasteiger partial charge on any atom is -0.308 e. The zero-order valence-corrected chi connectivity index (χ0v) is 13.2. The molecule has 0 spiro atoms. The molecule has 0 amide bonds. The van der Waals surface area contributed by atoms with E-state index in [0.717, 1.165) is 28.5 Å². The van der Waals surface area contributed by atoms with Crippen molar-refractivity contribution in [3.8, 4) is 0 Å². The maximum atomic E-state index is 6.14. The van der Waals surface area contributed by atoms with Crippen molar-refractivity contribution in [2.45, 2.75) is 52.0 Å². The Morgan fingerprint density at radius 2 is 2.15 bits per heavy atom. The highest BCUT2D eigenvalue weighted by Crippen LogP contribution is 2.39. The van der Waals surface area contributed by atoms with E-state index in [1.165, 1.54) is 19.3 Å². The highest BCUT2D eigenvalue weighted by molar-refractivity contribution is 6.16. The van der Waals surface area contributed by atoms with Gasteiger partial charge in [-0.3, -0.25) is 0 Å². The van der Waals surface area contributed by atoms with E-state index in [0.29, 0.717) is 17.8 Å².